The van der Waals surface area contributed by atoms with Crippen LogP contribution in [0.5, 0.6) is 0 Å². The van der Waals surface area contributed by atoms with Crippen molar-refractivity contribution in [3.8, 4) is 0 Å². The van der Waals surface area contributed by atoms with E-state index in [0.717, 1.165) is 0 Å². The van der Waals surface area contributed by atoms with Gasteiger partial charge in [0.1, 0.15) is 0 Å². The quantitative estimate of drug-likeness (QED) is 0.474. The zero-order valence-corrected chi connectivity index (χ0v) is 12.8. The molecule has 5 heteroatoms. The lowest BCUT2D eigenvalue weighted by molar-refractivity contribution is -0.172. The summed E-state index contributed by atoms with van der Waals surface area (Å²) < 4.78 is 9.65. The number of ether oxygens (including phenoxy) is 2. The van der Waals surface area contributed by atoms with E-state index < -0.39 is 17.4 Å². The van der Waals surface area contributed by atoms with E-state index in [1.165, 1.54) is 14.2 Å². The minimum absolute atomic E-state index is 0.0790. The molecule has 22 heavy (non-hydrogen) atoms. The molecule has 118 valence electrons. The zero-order valence-electron chi connectivity index (χ0n) is 12.8. The maximum absolute atomic E-state index is 12.4. The van der Waals surface area contributed by atoms with Gasteiger partial charge in [0.15, 0.2) is 11.2 Å². The Morgan fingerprint density at radius 3 is 2.23 bits per heavy atom. The van der Waals surface area contributed by atoms with Crippen molar-refractivity contribution in [2.45, 2.75) is 25.7 Å². The Morgan fingerprint density at radius 1 is 1.09 bits per heavy atom. The molecule has 1 aliphatic rings. The highest BCUT2D eigenvalue weighted by molar-refractivity contribution is 6.02. The van der Waals surface area contributed by atoms with Crippen LogP contribution in [0.4, 0.5) is 0 Å². The second-order valence-corrected chi connectivity index (χ2v) is 5.54. The highest BCUT2D eigenvalue weighted by Crippen LogP contribution is 2.47. The average molecular weight is 304 g/mol. The van der Waals surface area contributed by atoms with Crippen LogP contribution < -0.4 is 0 Å². The summed E-state index contributed by atoms with van der Waals surface area (Å²) in [5.74, 6) is -1.68. The maximum atomic E-state index is 12.4. The molecule has 0 heterocycles. The molecule has 0 aromatic heterocycles. The van der Waals surface area contributed by atoms with Crippen LogP contribution in [0.25, 0.3) is 0 Å². The summed E-state index contributed by atoms with van der Waals surface area (Å²) in [6, 6.07) is 8.87. The number of Topliss-reactive ketones (excluding diaryl/α,β-unsaturated/α-hetero) is 1. The first-order chi connectivity index (χ1) is 10.6. The Hall–Kier alpha value is -2.17. The molecule has 0 saturated heterocycles. The second kappa shape index (κ2) is 6.73. The molecule has 1 aromatic carbocycles. The number of benzene rings is 1. The zero-order chi connectivity index (χ0) is 16.2. The van der Waals surface area contributed by atoms with Gasteiger partial charge in [-0.15, -0.1) is 0 Å². The minimum atomic E-state index is -1.35. The summed E-state index contributed by atoms with van der Waals surface area (Å²) in [6.07, 6.45) is 1.81. The van der Waals surface area contributed by atoms with Crippen LogP contribution in [-0.4, -0.2) is 31.9 Å². The number of esters is 2. The number of methoxy groups -OCH3 is 2. The third-order valence-corrected chi connectivity index (χ3v) is 4.45. The Morgan fingerprint density at radius 2 is 1.68 bits per heavy atom. The van der Waals surface area contributed by atoms with Gasteiger partial charge in [-0.25, -0.2) is 0 Å². The molecule has 0 bridgehead atoms. The number of carbonyl (C=O) groups excluding carboxylic acids is 3. The van der Waals surface area contributed by atoms with E-state index >= 15 is 0 Å². The van der Waals surface area contributed by atoms with Gasteiger partial charge in [0, 0.05) is 12.0 Å². The average Bonchev–Trinajstić information content (AvgIpc) is 2.98. The number of rotatable bonds is 5. The lowest BCUT2D eigenvalue weighted by atomic mass is 9.75. The van der Waals surface area contributed by atoms with Crippen molar-refractivity contribution in [2.75, 3.05) is 14.2 Å². The van der Waals surface area contributed by atoms with Crippen molar-refractivity contribution in [2.24, 2.45) is 11.3 Å². The maximum Gasteiger partial charge on any atom is 0.323 e. The van der Waals surface area contributed by atoms with Crippen molar-refractivity contribution < 1.29 is 23.9 Å². The fourth-order valence-corrected chi connectivity index (χ4v) is 3.30. The van der Waals surface area contributed by atoms with Gasteiger partial charge in [0.2, 0.25) is 0 Å². The predicted molar refractivity (Wildman–Crippen MR) is 79.2 cm³/mol. The molecule has 0 N–H and O–H groups in total. The van der Waals surface area contributed by atoms with E-state index in [1.807, 2.05) is 6.07 Å². The Bertz CT molecular complexity index is 548. The van der Waals surface area contributed by atoms with Gasteiger partial charge < -0.3 is 9.47 Å². The summed E-state index contributed by atoms with van der Waals surface area (Å²) in [6.45, 7) is 0. The Labute approximate surface area is 129 Å². The van der Waals surface area contributed by atoms with Crippen molar-refractivity contribution in [3.63, 3.8) is 0 Å². The molecule has 1 atom stereocenters. The van der Waals surface area contributed by atoms with Gasteiger partial charge >= 0.3 is 11.9 Å². The van der Waals surface area contributed by atoms with Crippen LogP contribution in [0.2, 0.25) is 0 Å². The van der Waals surface area contributed by atoms with Crippen LogP contribution in [0.3, 0.4) is 0 Å². The molecule has 0 spiro atoms. The molecule has 2 rings (SSSR count). The van der Waals surface area contributed by atoms with E-state index in [4.69, 9.17) is 9.47 Å². The predicted octanol–water partition coefficient (Wildman–Crippen LogP) is 2.39. The SMILES string of the molecule is COC(=O)C1(C(=O)OC)CCCC1CC(=O)c1ccccc1. The number of ketones is 1. The molecule has 0 aliphatic heterocycles. The standard InChI is InChI=1S/C17H20O5/c1-21-15(19)17(16(20)22-2)10-6-9-13(17)11-14(18)12-7-4-3-5-8-12/h3-5,7-8,13H,6,9-11H2,1-2H3. The van der Waals surface area contributed by atoms with E-state index in [1.54, 1.807) is 24.3 Å². The van der Waals surface area contributed by atoms with E-state index in [2.05, 4.69) is 0 Å². The first-order valence-corrected chi connectivity index (χ1v) is 7.31. The van der Waals surface area contributed by atoms with Crippen LogP contribution in [-0.2, 0) is 19.1 Å². The summed E-state index contributed by atoms with van der Waals surface area (Å²) in [5, 5.41) is 0. The largest absolute Gasteiger partial charge is 0.468 e. The fraction of sp³-hybridized carbons (Fsp3) is 0.471. The topological polar surface area (TPSA) is 69.7 Å². The molecule has 0 amide bonds. The highest BCUT2D eigenvalue weighted by atomic mass is 16.5. The first kappa shape index (κ1) is 16.2. The normalized spacial score (nSPS) is 19.5. The van der Waals surface area contributed by atoms with E-state index in [0.29, 0.717) is 24.8 Å². The molecule has 1 fully saturated rings. The van der Waals surface area contributed by atoms with E-state index in [-0.39, 0.29) is 18.1 Å². The number of hydrogen-bond acceptors (Lipinski definition) is 5. The summed E-state index contributed by atoms with van der Waals surface area (Å²) in [5.41, 5.74) is -0.772. The van der Waals surface area contributed by atoms with Crippen LogP contribution in [0.15, 0.2) is 30.3 Å². The minimum Gasteiger partial charge on any atom is -0.468 e. The second-order valence-electron chi connectivity index (χ2n) is 5.54. The van der Waals surface area contributed by atoms with Crippen molar-refractivity contribution >= 4 is 17.7 Å². The van der Waals surface area contributed by atoms with Gasteiger partial charge in [-0.1, -0.05) is 36.8 Å². The fourth-order valence-electron chi connectivity index (χ4n) is 3.30. The summed E-state index contributed by atoms with van der Waals surface area (Å²) in [7, 11) is 2.50. The first-order valence-electron chi connectivity index (χ1n) is 7.31. The van der Waals surface area contributed by atoms with Crippen LogP contribution >= 0.6 is 0 Å². The van der Waals surface area contributed by atoms with Gasteiger partial charge in [-0.3, -0.25) is 14.4 Å². The third-order valence-electron chi connectivity index (χ3n) is 4.45. The van der Waals surface area contributed by atoms with Gasteiger partial charge in [0.05, 0.1) is 14.2 Å². The van der Waals surface area contributed by atoms with Crippen molar-refractivity contribution in [1.82, 2.24) is 0 Å². The molecule has 5 nitrogen and oxygen atoms in total. The van der Waals surface area contributed by atoms with Crippen molar-refractivity contribution in [3.05, 3.63) is 35.9 Å². The van der Waals surface area contributed by atoms with Crippen molar-refractivity contribution in [1.29, 1.82) is 0 Å². The summed E-state index contributed by atoms with van der Waals surface area (Å²) >= 11 is 0. The number of hydrogen-bond donors (Lipinski definition) is 0. The molecule has 1 aromatic rings. The lowest BCUT2D eigenvalue weighted by Gasteiger charge is -2.29. The van der Waals surface area contributed by atoms with Gasteiger partial charge in [-0.05, 0) is 18.8 Å². The molecule has 0 radical (unpaired) electrons. The molecular formula is C17H20O5. The molecular weight excluding hydrogens is 284 g/mol. The smallest absolute Gasteiger partial charge is 0.323 e. The van der Waals surface area contributed by atoms with E-state index in [9.17, 15) is 14.4 Å². The lowest BCUT2D eigenvalue weighted by Crippen LogP contribution is -2.44. The molecule has 1 unspecified atom stereocenters. The van der Waals surface area contributed by atoms with Gasteiger partial charge in [-0.2, -0.15) is 0 Å². The molecule has 1 aliphatic carbocycles. The number of carbonyl (C=O) groups is 3. The monoisotopic (exact) mass is 304 g/mol. The van der Waals surface area contributed by atoms with Crippen LogP contribution in [0.1, 0.15) is 36.0 Å². The molecule has 1 saturated carbocycles. The Kier molecular flexibility index (Phi) is 4.96. The summed E-state index contributed by atoms with van der Waals surface area (Å²) in [4.78, 5) is 36.9. The van der Waals surface area contributed by atoms with Gasteiger partial charge in [0.25, 0.3) is 0 Å². The van der Waals surface area contributed by atoms with Crippen LogP contribution in [0, 0.1) is 11.3 Å². The third kappa shape index (κ3) is 2.75. The highest BCUT2D eigenvalue weighted by Gasteiger charge is 2.57. The Balaban J connectivity index is 2.26.